The van der Waals surface area contributed by atoms with Crippen LogP contribution in [0, 0.1) is 0 Å². The Labute approximate surface area is 118 Å². The predicted octanol–water partition coefficient (Wildman–Crippen LogP) is 1.03. The molecule has 0 unspecified atom stereocenters. The molecule has 0 radical (unpaired) electrons. The molecule has 1 amide bonds. The van der Waals surface area contributed by atoms with Crippen LogP contribution in [0.25, 0.3) is 0 Å². The van der Waals surface area contributed by atoms with Crippen LogP contribution >= 0.6 is 0 Å². The molecule has 1 heterocycles. The van der Waals surface area contributed by atoms with Gasteiger partial charge in [-0.25, -0.2) is 14.6 Å². The van der Waals surface area contributed by atoms with Gasteiger partial charge in [0.15, 0.2) is 0 Å². The maximum atomic E-state index is 11.7. The largest absolute Gasteiger partial charge is 0.467 e. The number of alkyl carbamates (subject to hydrolysis) is 1. The molecule has 0 saturated heterocycles. The van der Waals surface area contributed by atoms with E-state index >= 15 is 0 Å². The van der Waals surface area contributed by atoms with Crippen molar-refractivity contribution in [2.75, 3.05) is 7.11 Å². The van der Waals surface area contributed by atoms with Gasteiger partial charge in [-0.1, -0.05) is 0 Å². The molecule has 7 nitrogen and oxygen atoms in total. The highest BCUT2D eigenvalue weighted by atomic mass is 16.6. The van der Waals surface area contributed by atoms with E-state index in [1.54, 1.807) is 37.9 Å². The third-order valence-corrected chi connectivity index (χ3v) is 2.35. The molecule has 1 aromatic heterocycles. The summed E-state index contributed by atoms with van der Waals surface area (Å²) in [7, 11) is 3.09. The van der Waals surface area contributed by atoms with Gasteiger partial charge in [0.25, 0.3) is 0 Å². The van der Waals surface area contributed by atoms with Crippen LogP contribution in [0.5, 0.6) is 0 Å². The standard InChI is InChI=1S/C13H21N3O4/c1-13(2,3)20-12(18)15-10(11(17)19-5)6-9-7-16(4)8-14-9/h7-8,10H,6H2,1-5H3,(H,15,18)/t10-/m0/s1. The van der Waals surface area contributed by atoms with E-state index in [-0.39, 0.29) is 6.42 Å². The van der Waals surface area contributed by atoms with Gasteiger partial charge in [-0.15, -0.1) is 0 Å². The molecule has 0 spiro atoms. The molecule has 0 aromatic carbocycles. The summed E-state index contributed by atoms with van der Waals surface area (Å²) in [5, 5.41) is 2.50. The Kier molecular flexibility index (Phi) is 5.12. The van der Waals surface area contributed by atoms with Crippen LogP contribution in [0.3, 0.4) is 0 Å². The minimum Gasteiger partial charge on any atom is -0.467 e. The number of aryl methyl sites for hydroxylation is 1. The summed E-state index contributed by atoms with van der Waals surface area (Å²) < 4.78 is 11.6. The molecule has 1 N–H and O–H groups in total. The van der Waals surface area contributed by atoms with Crippen LogP contribution in [0.1, 0.15) is 26.5 Å². The Balaban J connectivity index is 2.70. The van der Waals surface area contributed by atoms with Gasteiger partial charge in [0, 0.05) is 19.7 Å². The molecule has 7 heteroatoms. The number of ether oxygens (including phenoxy) is 2. The minimum atomic E-state index is -0.829. The zero-order chi connectivity index (χ0) is 15.3. The summed E-state index contributed by atoms with van der Waals surface area (Å²) in [5.74, 6) is -0.540. The van der Waals surface area contributed by atoms with E-state index in [1.807, 2.05) is 7.05 Å². The Morgan fingerprint density at radius 1 is 1.45 bits per heavy atom. The number of methoxy groups -OCH3 is 1. The summed E-state index contributed by atoms with van der Waals surface area (Å²) in [6.45, 7) is 5.25. The second-order valence-corrected chi connectivity index (χ2v) is 5.46. The van der Waals surface area contributed by atoms with Crippen molar-refractivity contribution in [2.24, 2.45) is 7.05 Å². The van der Waals surface area contributed by atoms with Crippen molar-refractivity contribution in [1.82, 2.24) is 14.9 Å². The number of rotatable bonds is 4. The van der Waals surface area contributed by atoms with E-state index in [9.17, 15) is 9.59 Å². The Bertz CT molecular complexity index is 476. The van der Waals surface area contributed by atoms with Gasteiger partial charge >= 0.3 is 12.1 Å². The number of hydrogen-bond acceptors (Lipinski definition) is 5. The number of nitrogens with one attached hydrogen (secondary N) is 1. The normalized spacial score (nSPS) is 12.7. The van der Waals surface area contributed by atoms with Gasteiger partial charge in [-0.05, 0) is 20.8 Å². The molecule has 0 aliphatic heterocycles. The minimum absolute atomic E-state index is 0.243. The number of amides is 1. The molecule has 1 rings (SSSR count). The van der Waals surface area contributed by atoms with Gasteiger partial charge in [0.2, 0.25) is 0 Å². The molecular weight excluding hydrogens is 262 g/mol. The third-order valence-electron chi connectivity index (χ3n) is 2.35. The van der Waals surface area contributed by atoms with E-state index in [1.165, 1.54) is 7.11 Å². The van der Waals surface area contributed by atoms with E-state index < -0.39 is 23.7 Å². The third kappa shape index (κ3) is 5.29. The average Bonchev–Trinajstić information content (AvgIpc) is 2.70. The highest BCUT2D eigenvalue weighted by Gasteiger charge is 2.25. The number of carbonyl (C=O) groups is 2. The van der Waals surface area contributed by atoms with Crippen molar-refractivity contribution >= 4 is 12.1 Å². The van der Waals surface area contributed by atoms with Gasteiger partial charge in [0.1, 0.15) is 11.6 Å². The number of carbonyl (C=O) groups excluding carboxylic acids is 2. The van der Waals surface area contributed by atoms with Gasteiger partial charge in [0.05, 0.1) is 19.1 Å². The second kappa shape index (κ2) is 6.40. The SMILES string of the molecule is COC(=O)[C@H](Cc1cn(C)cn1)NC(=O)OC(C)(C)C. The lowest BCUT2D eigenvalue weighted by molar-refractivity contribution is -0.143. The number of imidazole rings is 1. The average molecular weight is 283 g/mol. The van der Waals surface area contributed by atoms with Crippen LogP contribution in [0.4, 0.5) is 4.79 Å². The van der Waals surface area contributed by atoms with Crippen molar-refractivity contribution in [2.45, 2.75) is 38.8 Å². The molecule has 1 atom stereocenters. The zero-order valence-corrected chi connectivity index (χ0v) is 12.5. The Hall–Kier alpha value is -2.05. The van der Waals surface area contributed by atoms with Crippen molar-refractivity contribution < 1.29 is 19.1 Å². The maximum Gasteiger partial charge on any atom is 0.408 e. The molecule has 112 valence electrons. The highest BCUT2D eigenvalue weighted by Crippen LogP contribution is 2.08. The Morgan fingerprint density at radius 2 is 2.10 bits per heavy atom. The number of nitrogens with zero attached hydrogens (tertiary/aromatic N) is 2. The first-order valence-corrected chi connectivity index (χ1v) is 6.25. The lowest BCUT2D eigenvalue weighted by Gasteiger charge is -2.22. The highest BCUT2D eigenvalue weighted by molar-refractivity contribution is 5.81. The summed E-state index contributed by atoms with van der Waals surface area (Å²) in [6, 6.07) is -0.829. The maximum absolute atomic E-state index is 11.7. The van der Waals surface area contributed by atoms with Crippen molar-refractivity contribution in [3.05, 3.63) is 18.2 Å². The molecule has 0 fully saturated rings. The quantitative estimate of drug-likeness (QED) is 0.834. The van der Waals surface area contributed by atoms with Crippen LogP contribution in [-0.4, -0.2) is 40.4 Å². The molecular formula is C13H21N3O4. The van der Waals surface area contributed by atoms with E-state index in [0.29, 0.717) is 5.69 Å². The first-order valence-electron chi connectivity index (χ1n) is 6.25. The van der Waals surface area contributed by atoms with Crippen LogP contribution < -0.4 is 5.32 Å². The number of hydrogen-bond donors (Lipinski definition) is 1. The Morgan fingerprint density at radius 3 is 2.55 bits per heavy atom. The molecule has 0 aliphatic carbocycles. The van der Waals surface area contributed by atoms with Gasteiger partial charge < -0.3 is 19.4 Å². The zero-order valence-electron chi connectivity index (χ0n) is 12.5. The van der Waals surface area contributed by atoms with E-state index in [0.717, 1.165) is 0 Å². The summed E-state index contributed by atoms with van der Waals surface area (Å²) in [4.78, 5) is 27.5. The van der Waals surface area contributed by atoms with Crippen molar-refractivity contribution in [3.8, 4) is 0 Å². The molecule has 0 saturated carbocycles. The lowest BCUT2D eigenvalue weighted by Crippen LogP contribution is -2.45. The lowest BCUT2D eigenvalue weighted by atomic mass is 10.1. The number of aromatic nitrogens is 2. The topological polar surface area (TPSA) is 82.5 Å². The van der Waals surface area contributed by atoms with Gasteiger partial charge in [-0.2, -0.15) is 0 Å². The molecule has 0 bridgehead atoms. The van der Waals surface area contributed by atoms with Crippen molar-refractivity contribution in [3.63, 3.8) is 0 Å². The van der Waals surface area contributed by atoms with Crippen LogP contribution in [0.2, 0.25) is 0 Å². The van der Waals surface area contributed by atoms with E-state index in [4.69, 9.17) is 4.74 Å². The van der Waals surface area contributed by atoms with Crippen LogP contribution in [-0.2, 0) is 27.7 Å². The summed E-state index contributed by atoms with van der Waals surface area (Å²) in [6.07, 6.45) is 2.97. The fraction of sp³-hybridized carbons (Fsp3) is 0.615. The first-order chi connectivity index (χ1) is 9.21. The van der Waals surface area contributed by atoms with E-state index in [2.05, 4.69) is 15.0 Å². The molecule has 0 aliphatic rings. The summed E-state index contributed by atoms with van der Waals surface area (Å²) in [5.41, 5.74) is 0.0504. The fourth-order valence-electron chi connectivity index (χ4n) is 1.57. The van der Waals surface area contributed by atoms with Crippen LogP contribution in [0.15, 0.2) is 12.5 Å². The smallest absolute Gasteiger partial charge is 0.408 e. The number of esters is 1. The second-order valence-electron chi connectivity index (χ2n) is 5.46. The molecule has 1 aromatic rings. The predicted molar refractivity (Wildman–Crippen MR) is 72.1 cm³/mol. The fourth-order valence-corrected chi connectivity index (χ4v) is 1.57. The van der Waals surface area contributed by atoms with Crippen molar-refractivity contribution in [1.29, 1.82) is 0 Å². The monoisotopic (exact) mass is 283 g/mol. The summed E-state index contributed by atoms with van der Waals surface area (Å²) >= 11 is 0. The molecule has 20 heavy (non-hydrogen) atoms. The first kappa shape index (κ1) is 16.0. The van der Waals surface area contributed by atoms with Gasteiger partial charge in [-0.3, -0.25) is 0 Å².